The molecule has 0 fully saturated rings. The second-order valence-corrected chi connectivity index (χ2v) is 9.16. The first kappa shape index (κ1) is 22.5. The van der Waals surface area contributed by atoms with Gasteiger partial charge in [-0.2, -0.15) is 17.5 Å². The lowest BCUT2D eigenvalue weighted by molar-refractivity contribution is -0.137. The van der Waals surface area contributed by atoms with E-state index in [0.717, 1.165) is 17.0 Å². The minimum Gasteiger partial charge on any atom is -0.295 e. The number of hydrogen-bond donors (Lipinski definition) is 0. The Bertz CT molecular complexity index is 1350. The maximum atomic E-state index is 13.4. The number of urea groups is 1. The normalized spacial score (nSPS) is 15.3. The van der Waals surface area contributed by atoms with E-state index in [-0.39, 0.29) is 34.2 Å². The van der Waals surface area contributed by atoms with Crippen LogP contribution >= 0.6 is 0 Å². The standard InChI is InChI=1S/C23H17F3N2O4S/c1-15(29)17-9-11-19(12-10-17)28-22(30)27(20-7-2-3-8-21(20)33(28,31)32)14-16-5-4-6-18(13-16)23(24,25)26/h2-13H,14H2,1H3. The van der Waals surface area contributed by atoms with Crippen LogP contribution < -0.4 is 9.21 Å². The van der Waals surface area contributed by atoms with Crippen LogP contribution in [0.5, 0.6) is 0 Å². The van der Waals surface area contributed by atoms with Gasteiger partial charge in [0.2, 0.25) is 0 Å². The van der Waals surface area contributed by atoms with Gasteiger partial charge >= 0.3 is 12.2 Å². The second-order valence-electron chi connectivity index (χ2n) is 7.41. The van der Waals surface area contributed by atoms with E-state index < -0.39 is 27.8 Å². The number of nitrogens with zero attached hydrogens (tertiary/aromatic N) is 2. The molecule has 0 spiro atoms. The fourth-order valence-electron chi connectivity index (χ4n) is 3.57. The van der Waals surface area contributed by atoms with Crippen molar-refractivity contribution in [3.8, 4) is 0 Å². The fraction of sp³-hybridized carbons (Fsp3) is 0.130. The summed E-state index contributed by atoms with van der Waals surface area (Å²) in [5, 5.41) is 0. The third-order valence-corrected chi connectivity index (χ3v) is 6.93. The van der Waals surface area contributed by atoms with Gasteiger partial charge in [-0.15, -0.1) is 0 Å². The Labute approximate surface area is 187 Å². The maximum Gasteiger partial charge on any atom is 0.416 e. The maximum absolute atomic E-state index is 13.4. The molecule has 1 heterocycles. The van der Waals surface area contributed by atoms with Gasteiger partial charge in [0.25, 0.3) is 10.0 Å². The first-order chi connectivity index (χ1) is 15.5. The first-order valence-electron chi connectivity index (χ1n) is 9.73. The van der Waals surface area contributed by atoms with Crippen LogP contribution in [0.4, 0.5) is 29.3 Å². The molecule has 0 saturated carbocycles. The summed E-state index contributed by atoms with van der Waals surface area (Å²) < 4.78 is 66.6. The van der Waals surface area contributed by atoms with Gasteiger partial charge in [-0.25, -0.2) is 13.2 Å². The highest BCUT2D eigenvalue weighted by molar-refractivity contribution is 7.94. The molecule has 10 heteroatoms. The predicted octanol–water partition coefficient (Wildman–Crippen LogP) is 5.24. The van der Waals surface area contributed by atoms with E-state index in [1.54, 1.807) is 0 Å². The third-order valence-electron chi connectivity index (χ3n) is 5.18. The Kier molecular flexibility index (Phi) is 5.49. The molecule has 170 valence electrons. The largest absolute Gasteiger partial charge is 0.416 e. The summed E-state index contributed by atoms with van der Waals surface area (Å²) in [6.45, 7) is 1.07. The fourth-order valence-corrected chi connectivity index (χ4v) is 5.17. The lowest BCUT2D eigenvalue weighted by atomic mass is 10.1. The number of sulfonamides is 1. The number of Topliss-reactive ketones (excluding diaryl/α,β-unsaturated/α-hetero) is 1. The van der Waals surface area contributed by atoms with Crippen LogP contribution in [0.1, 0.15) is 28.4 Å². The Morgan fingerprint density at radius 1 is 0.939 bits per heavy atom. The van der Waals surface area contributed by atoms with Crippen molar-refractivity contribution in [1.82, 2.24) is 0 Å². The number of hydrogen-bond acceptors (Lipinski definition) is 4. The van der Waals surface area contributed by atoms with E-state index in [9.17, 15) is 31.2 Å². The Morgan fingerprint density at radius 3 is 2.24 bits per heavy atom. The summed E-state index contributed by atoms with van der Waals surface area (Å²) in [6.07, 6.45) is -4.56. The Balaban J connectivity index is 1.81. The number of halogens is 3. The molecule has 33 heavy (non-hydrogen) atoms. The van der Waals surface area contributed by atoms with Crippen molar-refractivity contribution in [3.63, 3.8) is 0 Å². The van der Waals surface area contributed by atoms with Crippen LogP contribution in [-0.2, 0) is 22.7 Å². The van der Waals surface area contributed by atoms with Crippen LogP contribution in [0.25, 0.3) is 0 Å². The van der Waals surface area contributed by atoms with Gasteiger partial charge < -0.3 is 0 Å². The smallest absolute Gasteiger partial charge is 0.295 e. The summed E-state index contributed by atoms with van der Waals surface area (Å²) >= 11 is 0. The van der Waals surface area contributed by atoms with Crippen molar-refractivity contribution in [3.05, 3.63) is 89.5 Å². The van der Waals surface area contributed by atoms with Crippen molar-refractivity contribution < 1.29 is 31.2 Å². The molecule has 0 unspecified atom stereocenters. The van der Waals surface area contributed by atoms with Crippen LogP contribution in [0.15, 0.2) is 77.7 Å². The molecule has 1 aliphatic rings. The minimum absolute atomic E-state index is 0.00791. The molecule has 6 nitrogen and oxygen atoms in total. The molecule has 0 radical (unpaired) electrons. The number of alkyl halides is 3. The van der Waals surface area contributed by atoms with Gasteiger partial charge in [0.05, 0.1) is 23.5 Å². The van der Waals surface area contributed by atoms with Crippen LogP contribution in [-0.4, -0.2) is 20.2 Å². The lowest BCUT2D eigenvalue weighted by Crippen LogP contribution is -2.50. The van der Waals surface area contributed by atoms with E-state index in [1.165, 1.54) is 67.6 Å². The van der Waals surface area contributed by atoms with Crippen molar-refractivity contribution >= 4 is 33.2 Å². The predicted molar refractivity (Wildman–Crippen MR) is 116 cm³/mol. The summed E-state index contributed by atoms with van der Waals surface area (Å²) in [6, 6.07) is 14.8. The Hall–Kier alpha value is -3.66. The van der Waals surface area contributed by atoms with Gasteiger partial charge in [0.15, 0.2) is 5.78 Å². The summed E-state index contributed by atoms with van der Waals surface area (Å²) in [7, 11) is -4.30. The zero-order chi connectivity index (χ0) is 24.0. The van der Waals surface area contributed by atoms with E-state index in [4.69, 9.17) is 0 Å². The van der Waals surface area contributed by atoms with Crippen molar-refractivity contribution in [2.45, 2.75) is 24.5 Å². The monoisotopic (exact) mass is 474 g/mol. The van der Waals surface area contributed by atoms with Gasteiger partial charge in [0, 0.05) is 5.56 Å². The number of carbonyl (C=O) groups excluding carboxylic acids is 2. The molecule has 0 aliphatic carbocycles. The molecule has 1 aliphatic heterocycles. The number of anilines is 2. The number of rotatable bonds is 4. The van der Waals surface area contributed by atoms with Crippen molar-refractivity contribution in [2.75, 3.05) is 9.21 Å². The molecule has 2 amide bonds. The highest BCUT2D eigenvalue weighted by atomic mass is 32.2. The number of para-hydroxylation sites is 1. The number of amides is 2. The number of carbonyl (C=O) groups is 2. The molecule has 0 saturated heterocycles. The molecule has 0 N–H and O–H groups in total. The van der Waals surface area contributed by atoms with E-state index in [2.05, 4.69) is 0 Å². The first-order valence-corrected chi connectivity index (χ1v) is 11.2. The zero-order valence-electron chi connectivity index (χ0n) is 17.2. The molecule has 3 aromatic rings. The van der Waals surface area contributed by atoms with Gasteiger partial charge in [-0.3, -0.25) is 9.69 Å². The molecular formula is C23H17F3N2O4S. The highest BCUT2D eigenvalue weighted by Crippen LogP contribution is 2.38. The Morgan fingerprint density at radius 2 is 1.61 bits per heavy atom. The summed E-state index contributed by atoms with van der Waals surface area (Å²) in [5.41, 5.74) is -0.284. The average molecular weight is 474 g/mol. The van der Waals surface area contributed by atoms with E-state index in [1.807, 2.05) is 0 Å². The third kappa shape index (κ3) is 4.09. The van der Waals surface area contributed by atoms with Gasteiger partial charge in [0.1, 0.15) is 4.90 Å². The van der Waals surface area contributed by atoms with Crippen molar-refractivity contribution in [2.24, 2.45) is 0 Å². The number of benzene rings is 3. The van der Waals surface area contributed by atoms with E-state index in [0.29, 0.717) is 9.87 Å². The lowest BCUT2D eigenvalue weighted by Gasteiger charge is -2.36. The van der Waals surface area contributed by atoms with Gasteiger partial charge in [-0.05, 0) is 61.0 Å². The van der Waals surface area contributed by atoms with Crippen LogP contribution in [0.3, 0.4) is 0 Å². The summed E-state index contributed by atoms with van der Waals surface area (Å²) in [4.78, 5) is 25.9. The highest BCUT2D eigenvalue weighted by Gasteiger charge is 2.42. The quantitative estimate of drug-likeness (QED) is 0.485. The number of fused-ring (bicyclic) bond motifs is 1. The zero-order valence-corrected chi connectivity index (χ0v) is 18.0. The second kappa shape index (κ2) is 8.04. The van der Waals surface area contributed by atoms with Crippen LogP contribution in [0, 0.1) is 0 Å². The molecule has 0 atom stereocenters. The molecular weight excluding hydrogens is 457 g/mol. The van der Waals surface area contributed by atoms with E-state index >= 15 is 0 Å². The minimum atomic E-state index is -4.56. The number of ketones is 1. The SMILES string of the molecule is CC(=O)c1ccc(N2C(=O)N(Cc3cccc(C(F)(F)F)c3)c3ccccc3S2(=O)=O)cc1. The topological polar surface area (TPSA) is 74.8 Å². The van der Waals surface area contributed by atoms with Crippen molar-refractivity contribution in [1.29, 1.82) is 0 Å². The summed E-state index contributed by atoms with van der Waals surface area (Å²) in [5.74, 6) is -0.231. The molecule has 0 aromatic heterocycles. The molecule has 0 bridgehead atoms. The van der Waals surface area contributed by atoms with Gasteiger partial charge in [-0.1, -0.05) is 24.3 Å². The average Bonchev–Trinajstić information content (AvgIpc) is 2.76. The molecule has 4 rings (SSSR count). The molecule has 3 aromatic carbocycles. The van der Waals surface area contributed by atoms with Crippen LogP contribution in [0.2, 0.25) is 0 Å².